The number of carbonyl (C=O) groups is 2. The lowest BCUT2D eigenvalue weighted by Crippen LogP contribution is -2.17. The first kappa shape index (κ1) is 20.1. The molecule has 0 spiro atoms. The van der Waals surface area contributed by atoms with E-state index in [-0.39, 0.29) is 17.1 Å². The summed E-state index contributed by atoms with van der Waals surface area (Å²) in [5, 5.41) is 13.6. The van der Waals surface area contributed by atoms with E-state index in [1.807, 2.05) is 0 Å². The number of benzene rings is 2. The van der Waals surface area contributed by atoms with Crippen LogP contribution in [-0.2, 0) is 4.79 Å². The van der Waals surface area contributed by atoms with Crippen molar-refractivity contribution >= 4 is 40.1 Å². The highest BCUT2D eigenvalue weighted by molar-refractivity contribution is 9.10. The van der Waals surface area contributed by atoms with Crippen molar-refractivity contribution in [1.29, 1.82) is 0 Å². The maximum absolute atomic E-state index is 12.1. The van der Waals surface area contributed by atoms with Gasteiger partial charge in [0.05, 0.1) is 18.0 Å². The van der Waals surface area contributed by atoms with Gasteiger partial charge in [0.2, 0.25) is 0 Å². The van der Waals surface area contributed by atoms with Crippen molar-refractivity contribution in [3.8, 4) is 11.5 Å². The number of ether oxygens (including phenoxy) is 1. The first-order valence-electron chi connectivity index (χ1n) is 8.37. The molecule has 1 amide bonds. The Hall–Kier alpha value is -3.65. The van der Waals surface area contributed by atoms with Gasteiger partial charge in [-0.15, -0.1) is 0 Å². The Labute approximate surface area is 174 Å². The number of carbonyl (C=O) groups excluding carboxylic acids is 2. The predicted molar refractivity (Wildman–Crippen MR) is 111 cm³/mol. The molecule has 0 saturated carbocycles. The van der Waals surface area contributed by atoms with Gasteiger partial charge < -0.3 is 14.3 Å². The molecule has 1 aromatic heterocycles. The van der Waals surface area contributed by atoms with E-state index in [2.05, 4.69) is 26.5 Å². The minimum absolute atomic E-state index is 0.0913. The first-order valence-corrected chi connectivity index (χ1v) is 9.16. The molecule has 146 valence electrons. The Bertz CT molecular complexity index is 1070. The van der Waals surface area contributed by atoms with E-state index in [9.17, 15) is 14.7 Å². The molecule has 0 unspecified atom stereocenters. The van der Waals surface area contributed by atoms with Gasteiger partial charge in [-0.1, -0.05) is 28.1 Å². The van der Waals surface area contributed by atoms with Gasteiger partial charge in [0.1, 0.15) is 17.3 Å². The van der Waals surface area contributed by atoms with Gasteiger partial charge in [0.15, 0.2) is 0 Å². The van der Waals surface area contributed by atoms with Crippen LogP contribution in [0.3, 0.4) is 0 Å². The van der Waals surface area contributed by atoms with Crippen molar-refractivity contribution in [3.05, 3.63) is 88.3 Å². The molecule has 2 N–H and O–H groups in total. The Kier molecular flexibility index (Phi) is 6.59. The van der Waals surface area contributed by atoms with Crippen LogP contribution in [0.25, 0.3) is 6.08 Å². The SMILES string of the molecule is O=C(/C=C/c1ccco1)Oc1ccc(Br)cc1/C=N\NC(=O)c1ccccc1O. The number of nitrogens with zero attached hydrogens (tertiary/aromatic N) is 1. The topological polar surface area (TPSA) is 101 Å². The third-order valence-corrected chi connectivity index (χ3v) is 4.12. The smallest absolute Gasteiger partial charge is 0.336 e. The fraction of sp³-hybridized carbons (Fsp3) is 0. The number of aromatic hydroxyl groups is 1. The summed E-state index contributed by atoms with van der Waals surface area (Å²) in [6.07, 6.45) is 5.56. The number of furan rings is 1. The highest BCUT2D eigenvalue weighted by atomic mass is 79.9. The molecular weight excluding hydrogens is 440 g/mol. The van der Waals surface area contributed by atoms with Gasteiger partial charge in [0.25, 0.3) is 5.91 Å². The number of rotatable bonds is 6. The van der Waals surface area contributed by atoms with Crippen LogP contribution < -0.4 is 10.2 Å². The largest absolute Gasteiger partial charge is 0.507 e. The molecule has 0 aliphatic carbocycles. The summed E-state index contributed by atoms with van der Waals surface area (Å²) in [6, 6.07) is 14.5. The third kappa shape index (κ3) is 5.66. The second-order valence-electron chi connectivity index (χ2n) is 5.67. The highest BCUT2D eigenvalue weighted by Gasteiger charge is 2.10. The molecule has 0 aliphatic rings. The number of phenolic OH excluding ortho intramolecular Hbond substituents is 1. The lowest BCUT2D eigenvalue weighted by molar-refractivity contribution is -0.128. The molecule has 2 aromatic carbocycles. The van der Waals surface area contributed by atoms with Crippen LogP contribution in [-0.4, -0.2) is 23.2 Å². The van der Waals surface area contributed by atoms with E-state index in [0.29, 0.717) is 11.3 Å². The molecule has 0 radical (unpaired) electrons. The summed E-state index contributed by atoms with van der Waals surface area (Å²) in [5.41, 5.74) is 2.87. The standard InChI is InChI=1S/C21H15BrN2O5/c22-15-7-9-19(29-20(26)10-8-16-4-3-11-28-16)14(12-15)13-23-24-21(27)17-5-1-2-6-18(17)25/h1-13,25H,(H,24,27)/b10-8+,23-13-. The van der Waals surface area contributed by atoms with Crippen molar-refractivity contribution < 1.29 is 23.8 Å². The van der Waals surface area contributed by atoms with Crippen LogP contribution in [0, 0.1) is 0 Å². The van der Waals surface area contributed by atoms with Crippen molar-refractivity contribution in [2.45, 2.75) is 0 Å². The first-order chi connectivity index (χ1) is 14.0. The second-order valence-corrected chi connectivity index (χ2v) is 6.58. The molecule has 3 aromatic rings. The van der Waals surface area contributed by atoms with Gasteiger partial charge in [0, 0.05) is 16.1 Å². The zero-order chi connectivity index (χ0) is 20.6. The van der Waals surface area contributed by atoms with Gasteiger partial charge in [-0.3, -0.25) is 4.79 Å². The number of amides is 1. The summed E-state index contributed by atoms with van der Waals surface area (Å²) in [5.74, 6) is -0.555. The minimum Gasteiger partial charge on any atom is -0.507 e. The quantitative estimate of drug-likeness (QED) is 0.191. The minimum atomic E-state index is -0.600. The van der Waals surface area contributed by atoms with Gasteiger partial charge >= 0.3 is 5.97 Å². The summed E-state index contributed by atoms with van der Waals surface area (Å²) >= 11 is 3.34. The maximum atomic E-state index is 12.1. The van der Waals surface area contributed by atoms with Crippen LogP contribution in [0.5, 0.6) is 11.5 Å². The van der Waals surface area contributed by atoms with Crippen LogP contribution in [0.1, 0.15) is 21.7 Å². The molecular formula is C21H15BrN2O5. The fourth-order valence-electron chi connectivity index (χ4n) is 2.28. The molecule has 29 heavy (non-hydrogen) atoms. The van der Waals surface area contributed by atoms with Crippen molar-refractivity contribution in [2.75, 3.05) is 0 Å². The highest BCUT2D eigenvalue weighted by Crippen LogP contribution is 2.22. The summed E-state index contributed by atoms with van der Waals surface area (Å²) in [7, 11) is 0. The number of nitrogens with one attached hydrogen (secondary N) is 1. The van der Waals surface area contributed by atoms with Gasteiger partial charge in [-0.2, -0.15) is 5.10 Å². The fourth-order valence-corrected chi connectivity index (χ4v) is 2.66. The Morgan fingerprint density at radius 2 is 1.97 bits per heavy atom. The molecule has 0 atom stereocenters. The average molecular weight is 455 g/mol. The van der Waals surface area contributed by atoms with Crippen molar-refractivity contribution in [2.24, 2.45) is 5.10 Å². The number of para-hydroxylation sites is 1. The lowest BCUT2D eigenvalue weighted by Gasteiger charge is -2.06. The van der Waals surface area contributed by atoms with Crippen LogP contribution in [0.15, 0.2) is 80.9 Å². The van der Waals surface area contributed by atoms with Crippen LogP contribution in [0.4, 0.5) is 0 Å². The maximum Gasteiger partial charge on any atom is 0.336 e. The monoisotopic (exact) mass is 454 g/mol. The third-order valence-electron chi connectivity index (χ3n) is 3.63. The van der Waals surface area contributed by atoms with Crippen molar-refractivity contribution in [1.82, 2.24) is 5.43 Å². The summed E-state index contributed by atoms with van der Waals surface area (Å²) in [4.78, 5) is 24.1. The second kappa shape index (κ2) is 9.52. The number of hydrogen-bond acceptors (Lipinski definition) is 6. The number of hydrogen-bond donors (Lipinski definition) is 2. The average Bonchev–Trinajstić information content (AvgIpc) is 3.22. The van der Waals surface area contributed by atoms with E-state index in [0.717, 1.165) is 4.47 Å². The van der Waals surface area contributed by atoms with Crippen LogP contribution >= 0.6 is 15.9 Å². The molecule has 3 rings (SSSR count). The van der Waals surface area contributed by atoms with Crippen molar-refractivity contribution in [3.63, 3.8) is 0 Å². The molecule has 0 fully saturated rings. The summed E-state index contributed by atoms with van der Waals surface area (Å²) in [6.45, 7) is 0. The molecule has 1 heterocycles. The zero-order valence-electron chi connectivity index (χ0n) is 14.9. The molecule has 7 nitrogen and oxygen atoms in total. The normalized spacial score (nSPS) is 11.1. The number of phenols is 1. The van der Waals surface area contributed by atoms with Gasteiger partial charge in [-0.05, 0) is 48.5 Å². The Morgan fingerprint density at radius 3 is 2.72 bits per heavy atom. The molecule has 0 bridgehead atoms. The van der Waals surface area contributed by atoms with E-state index in [1.165, 1.54) is 36.8 Å². The van der Waals surface area contributed by atoms with E-state index in [4.69, 9.17) is 9.15 Å². The number of halogens is 1. The lowest BCUT2D eigenvalue weighted by atomic mass is 10.2. The summed E-state index contributed by atoms with van der Waals surface area (Å²) < 4.78 is 11.2. The zero-order valence-corrected chi connectivity index (χ0v) is 16.5. The predicted octanol–water partition coefficient (Wildman–Crippen LogP) is 4.13. The van der Waals surface area contributed by atoms with Crippen LogP contribution in [0.2, 0.25) is 0 Å². The van der Waals surface area contributed by atoms with E-state index >= 15 is 0 Å². The Balaban J connectivity index is 1.69. The van der Waals surface area contributed by atoms with E-state index in [1.54, 1.807) is 42.5 Å². The Morgan fingerprint density at radius 1 is 1.14 bits per heavy atom. The molecule has 8 heteroatoms. The number of hydrazone groups is 1. The molecule has 0 aliphatic heterocycles. The molecule has 0 saturated heterocycles. The van der Waals surface area contributed by atoms with Gasteiger partial charge in [-0.25, -0.2) is 10.2 Å². The van der Waals surface area contributed by atoms with E-state index < -0.39 is 11.9 Å². The number of esters is 1.